The highest BCUT2D eigenvalue weighted by Crippen LogP contribution is 2.64. The number of hydrogen-bond acceptors (Lipinski definition) is 23. The Hall–Kier alpha value is -2.63. The molecule has 19 N–H and O–H groups in total. The Morgan fingerprint density at radius 2 is 1.22 bits per heavy atom. The Kier molecular flexibility index (Phi) is 6.98. The van der Waals surface area contributed by atoms with E-state index in [1.165, 1.54) is 0 Å². The largest absolute Gasteiger partial charge is 0.504 e. The van der Waals surface area contributed by atoms with Crippen molar-refractivity contribution in [1.82, 2.24) is 4.90 Å². The number of methoxy groups -OCH3 is 1. The van der Waals surface area contributed by atoms with Gasteiger partial charge in [-0.1, -0.05) is 0 Å². The van der Waals surface area contributed by atoms with Crippen LogP contribution in [0.3, 0.4) is 0 Å². The number of benzene rings is 1. The van der Waals surface area contributed by atoms with E-state index >= 15 is 0 Å². The number of phenols is 2. The molecule has 2 atom stereocenters. The number of Topliss-reactive ketones (excluding diaryl/α,β-unsaturated/α-hetero) is 1. The zero-order valence-electron chi connectivity index (χ0n) is 20.0. The van der Waals surface area contributed by atoms with Gasteiger partial charge in [0.1, 0.15) is 5.92 Å². The van der Waals surface area contributed by atoms with Gasteiger partial charge < -0.3 is 102 Å². The lowest BCUT2D eigenvalue weighted by Gasteiger charge is -2.63. The first-order valence-electron chi connectivity index (χ1n) is 10.5. The summed E-state index contributed by atoms with van der Waals surface area (Å²) in [5, 5.41) is 194. The van der Waals surface area contributed by atoms with Gasteiger partial charge in [-0.25, -0.2) is 5.26 Å². The SMILES string of the molecule is COc1c(O)c2c(c(O)c1OO)C(O)(O)C(O)(O)N1C2(O)CC(=O)C(C(O)(O)C(O)(C(O)(O)O)C(O)(O)O)C1(O)O. The first kappa shape index (κ1) is 32.9. The molecule has 1 fully saturated rings. The van der Waals surface area contributed by atoms with Crippen LogP contribution in [0.25, 0.3) is 0 Å². The third-order valence-corrected chi connectivity index (χ3v) is 6.92. The summed E-state index contributed by atoms with van der Waals surface area (Å²) < 4.78 is 4.63. The van der Waals surface area contributed by atoms with E-state index in [4.69, 9.17) is 5.26 Å². The van der Waals surface area contributed by atoms with Crippen molar-refractivity contribution in [2.24, 2.45) is 5.92 Å². The number of nitrogens with zero attached hydrogens (tertiary/aromatic N) is 1. The first-order chi connectivity index (χ1) is 18.1. The smallest absolute Gasteiger partial charge is 0.320 e. The molecule has 3 rings (SSSR count). The minimum absolute atomic E-state index is 0.703. The second kappa shape index (κ2) is 8.70. The van der Waals surface area contributed by atoms with Crippen LogP contribution in [-0.4, -0.2) is 150 Å². The van der Waals surface area contributed by atoms with Crippen molar-refractivity contribution in [3.05, 3.63) is 11.1 Å². The van der Waals surface area contributed by atoms with Crippen molar-refractivity contribution in [3.63, 3.8) is 0 Å². The highest BCUT2D eigenvalue weighted by Gasteiger charge is 2.84. The molecule has 0 aliphatic carbocycles. The van der Waals surface area contributed by atoms with E-state index in [9.17, 15) is 96.7 Å². The summed E-state index contributed by atoms with van der Waals surface area (Å²) >= 11 is 0. The molecule has 0 bridgehead atoms. The van der Waals surface area contributed by atoms with Gasteiger partial charge in [0.05, 0.1) is 24.7 Å². The minimum Gasteiger partial charge on any atom is -0.504 e. The number of ether oxygens (including phenoxy) is 1. The minimum atomic E-state index is -5.51. The summed E-state index contributed by atoms with van der Waals surface area (Å²) in [4.78, 5) is 15.6. The molecule has 41 heavy (non-hydrogen) atoms. The van der Waals surface area contributed by atoms with Gasteiger partial charge in [0.25, 0.3) is 23.0 Å². The van der Waals surface area contributed by atoms with Crippen LogP contribution >= 0.6 is 0 Å². The standard InChI is InChI=1S/C18H25NO22/c1-40-8-6(21)4-5(7(22)9(8)41-39)12(24,25)16(31,32)19-11(4,23)2-3(20)10(14(19,28)29)13(26,27)15(30,17(33,34)35)18(36,37)38/h10,21-39H,2H2,1H3. The summed E-state index contributed by atoms with van der Waals surface area (Å²) in [5.74, 6) is -43.1. The summed E-state index contributed by atoms with van der Waals surface area (Å²) in [6.45, 7) is 0. The van der Waals surface area contributed by atoms with E-state index in [1.54, 1.807) is 0 Å². The van der Waals surface area contributed by atoms with Gasteiger partial charge in [0, 0.05) is 0 Å². The summed E-state index contributed by atoms with van der Waals surface area (Å²) in [5.41, 5.74) is -13.0. The van der Waals surface area contributed by atoms with E-state index in [0.29, 0.717) is 7.11 Å². The van der Waals surface area contributed by atoms with Crippen molar-refractivity contribution < 1.29 is 112 Å². The molecular weight excluding hydrogens is 582 g/mol. The van der Waals surface area contributed by atoms with Crippen LogP contribution in [0.15, 0.2) is 0 Å². The van der Waals surface area contributed by atoms with Crippen LogP contribution < -0.4 is 9.62 Å². The van der Waals surface area contributed by atoms with Crippen LogP contribution in [0.1, 0.15) is 17.5 Å². The van der Waals surface area contributed by atoms with Gasteiger partial charge in [-0.3, -0.25) is 4.79 Å². The van der Waals surface area contributed by atoms with Crippen molar-refractivity contribution >= 4 is 5.78 Å². The first-order valence-corrected chi connectivity index (χ1v) is 10.5. The fourth-order valence-electron chi connectivity index (χ4n) is 5.16. The van der Waals surface area contributed by atoms with Crippen molar-refractivity contribution in [2.45, 2.75) is 53.1 Å². The van der Waals surface area contributed by atoms with Crippen LogP contribution in [0, 0.1) is 5.92 Å². The number of fused-ring (bicyclic) bond motifs is 3. The molecule has 0 amide bonds. The molecule has 2 unspecified atom stereocenters. The highest BCUT2D eigenvalue weighted by molar-refractivity contribution is 5.86. The Bertz CT molecular complexity index is 1240. The number of aliphatic hydroxyl groups is 16. The molecule has 23 heteroatoms. The number of aromatic hydroxyl groups is 2. The van der Waals surface area contributed by atoms with Crippen molar-refractivity contribution in [3.8, 4) is 23.0 Å². The maximum atomic E-state index is 13.1. The average Bonchev–Trinajstić information content (AvgIpc) is 2.74. The third kappa shape index (κ3) is 3.70. The molecule has 1 aromatic rings. The molecule has 0 radical (unpaired) electrons. The second-order valence-corrected chi connectivity index (χ2v) is 9.33. The Morgan fingerprint density at radius 3 is 1.61 bits per heavy atom. The molecular formula is C18H25NO22. The molecule has 234 valence electrons. The topological polar surface area (TPSA) is 423 Å². The molecule has 2 aliphatic rings. The third-order valence-electron chi connectivity index (χ3n) is 6.92. The quantitative estimate of drug-likeness (QED) is 0.0617. The molecule has 1 saturated heterocycles. The average molecular weight is 607 g/mol. The van der Waals surface area contributed by atoms with Gasteiger partial charge in [-0.05, 0) is 0 Å². The van der Waals surface area contributed by atoms with Crippen LogP contribution in [0.5, 0.6) is 23.0 Å². The molecule has 0 aromatic heterocycles. The number of rotatable bonds is 6. The van der Waals surface area contributed by atoms with E-state index < -0.39 is 104 Å². The van der Waals surface area contributed by atoms with Crippen molar-refractivity contribution in [1.29, 1.82) is 0 Å². The number of carbonyl (C=O) groups excluding carboxylic acids is 1. The summed E-state index contributed by atoms with van der Waals surface area (Å²) in [7, 11) is 0.703. The normalized spacial score (nSPS) is 26.3. The predicted molar refractivity (Wildman–Crippen MR) is 110 cm³/mol. The predicted octanol–water partition coefficient (Wildman–Crippen LogP) is -9.90. The number of hydrogen-bond donors (Lipinski definition) is 19. The lowest BCUT2D eigenvalue weighted by molar-refractivity contribution is -0.567. The monoisotopic (exact) mass is 607 g/mol. The van der Waals surface area contributed by atoms with Crippen molar-refractivity contribution in [2.75, 3.05) is 7.11 Å². The number of piperidine rings is 1. The maximum Gasteiger partial charge on any atom is 0.320 e. The fourth-order valence-corrected chi connectivity index (χ4v) is 5.16. The van der Waals surface area contributed by atoms with Crippen LogP contribution in [0.4, 0.5) is 0 Å². The van der Waals surface area contributed by atoms with E-state index in [2.05, 4.69) is 9.62 Å². The number of carbonyl (C=O) groups is 1. The number of phenolic OH excluding ortho intramolecular Hbond substituents is 2. The van der Waals surface area contributed by atoms with Gasteiger partial charge in [-0.2, -0.15) is 4.90 Å². The lowest BCUT2D eigenvalue weighted by atomic mass is 9.67. The maximum absolute atomic E-state index is 13.1. The zero-order valence-corrected chi connectivity index (χ0v) is 20.0. The molecule has 23 nitrogen and oxygen atoms in total. The second-order valence-electron chi connectivity index (χ2n) is 9.33. The fraction of sp³-hybridized carbons (Fsp3) is 0.611. The van der Waals surface area contributed by atoms with Gasteiger partial charge >= 0.3 is 11.9 Å². The Balaban J connectivity index is 2.49. The molecule has 2 heterocycles. The molecule has 2 aliphatic heterocycles. The highest BCUT2D eigenvalue weighted by atomic mass is 17.1. The summed E-state index contributed by atoms with van der Waals surface area (Å²) in [6, 6.07) is 0. The number of ketones is 1. The zero-order chi connectivity index (χ0) is 32.3. The van der Waals surface area contributed by atoms with Gasteiger partial charge in [0.15, 0.2) is 23.0 Å². The summed E-state index contributed by atoms with van der Waals surface area (Å²) in [6.07, 6.45) is -2.09. The molecule has 0 spiro atoms. The molecule has 0 saturated carbocycles. The van der Waals surface area contributed by atoms with E-state index in [1.807, 2.05) is 0 Å². The van der Waals surface area contributed by atoms with Gasteiger partial charge in [0.2, 0.25) is 17.4 Å². The van der Waals surface area contributed by atoms with E-state index in [-0.39, 0.29) is 0 Å². The van der Waals surface area contributed by atoms with E-state index in [0.717, 1.165) is 0 Å². The molecule has 1 aromatic carbocycles. The van der Waals surface area contributed by atoms with Crippen LogP contribution in [-0.2, 0) is 16.3 Å². The van der Waals surface area contributed by atoms with Crippen LogP contribution in [0.2, 0.25) is 0 Å². The Labute approximate surface area is 223 Å². The Morgan fingerprint density at radius 1 is 0.780 bits per heavy atom. The lowest BCUT2D eigenvalue weighted by Crippen LogP contribution is -2.88. The van der Waals surface area contributed by atoms with Gasteiger partial charge in [-0.15, -0.1) is 0 Å².